The minimum absolute atomic E-state index is 0.727. The highest BCUT2D eigenvalue weighted by molar-refractivity contribution is 7.10. The third kappa shape index (κ3) is 2.79. The molecule has 0 amide bonds. The summed E-state index contributed by atoms with van der Waals surface area (Å²) in [5.74, 6) is 1.79. The SMILES string of the molecule is CNCC1CCCN(C(c2cccs2)C2CC2)C1. The molecule has 1 aliphatic carbocycles. The Balaban J connectivity index is 1.70. The second-order valence-electron chi connectivity index (χ2n) is 5.86. The maximum atomic E-state index is 3.35. The van der Waals surface area contributed by atoms with Gasteiger partial charge in [0.05, 0.1) is 0 Å². The Morgan fingerprint density at radius 2 is 2.33 bits per heavy atom. The molecule has 0 aromatic carbocycles. The van der Waals surface area contributed by atoms with Gasteiger partial charge in [-0.05, 0) is 69.1 Å². The first kappa shape index (κ1) is 12.6. The molecule has 2 heterocycles. The molecule has 0 spiro atoms. The molecule has 0 radical (unpaired) electrons. The summed E-state index contributed by atoms with van der Waals surface area (Å²) in [6.45, 7) is 3.78. The highest BCUT2D eigenvalue weighted by Gasteiger charge is 2.38. The molecule has 1 aromatic rings. The van der Waals surface area contributed by atoms with E-state index < -0.39 is 0 Å². The highest BCUT2D eigenvalue weighted by Crippen LogP contribution is 2.46. The van der Waals surface area contributed by atoms with Crippen LogP contribution in [0.3, 0.4) is 0 Å². The maximum Gasteiger partial charge on any atom is 0.0469 e. The monoisotopic (exact) mass is 264 g/mol. The minimum atomic E-state index is 0.727. The summed E-state index contributed by atoms with van der Waals surface area (Å²) in [5.41, 5.74) is 0. The predicted octanol–water partition coefficient (Wildman–Crippen LogP) is 3.13. The first-order valence-electron chi connectivity index (χ1n) is 7.30. The molecule has 100 valence electrons. The predicted molar refractivity (Wildman–Crippen MR) is 78.0 cm³/mol. The first-order chi connectivity index (χ1) is 8.88. The van der Waals surface area contributed by atoms with Gasteiger partial charge in [0, 0.05) is 17.5 Å². The Labute approximate surface area is 114 Å². The van der Waals surface area contributed by atoms with Crippen molar-refractivity contribution in [3.8, 4) is 0 Å². The zero-order valence-electron chi connectivity index (χ0n) is 11.3. The Hall–Kier alpha value is -0.380. The molecule has 1 saturated heterocycles. The summed E-state index contributed by atoms with van der Waals surface area (Å²) in [4.78, 5) is 4.37. The highest BCUT2D eigenvalue weighted by atomic mass is 32.1. The number of rotatable bonds is 5. The van der Waals surface area contributed by atoms with Gasteiger partial charge < -0.3 is 5.32 Å². The molecule has 2 atom stereocenters. The average molecular weight is 264 g/mol. The van der Waals surface area contributed by atoms with Gasteiger partial charge in [-0.1, -0.05) is 6.07 Å². The van der Waals surface area contributed by atoms with Crippen molar-refractivity contribution in [2.75, 3.05) is 26.7 Å². The van der Waals surface area contributed by atoms with Gasteiger partial charge in [-0.2, -0.15) is 0 Å². The average Bonchev–Trinajstić information content (AvgIpc) is 3.05. The summed E-state index contributed by atoms with van der Waals surface area (Å²) in [5, 5.41) is 5.59. The van der Waals surface area contributed by atoms with Gasteiger partial charge in [0.15, 0.2) is 0 Å². The fourth-order valence-corrected chi connectivity index (χ4v) is 4.34. The lowest BCUT2D eigenvalue weighted by molar-refractivity contribution is 0.111. The van der Waals surface area contributed by atoms with Crippen LogP contribution in [0.25, 0.3) is 0 Å². The lowest BCUT2D eigenvalue weighted by Gasteiger charge is -2.38. The van der Waals surface area contributed by atoms with Crippen LogP contribution in [0.15, 0.2) is 17.5 Å². The number of piperidine rings is 1. The van der Waals surface area contributed by atoms with E-state index in [1.54, 1.807) is 4.88 Å². The topological polar surface area (TPSA) is 15.3 Å². The molecule has 2 aliphatic rings. The molecular formula is C15H24N2S. The smallest absolute Gasteiger partial charge is 0.0469 e. The number of nitrogens with one attached hydrogen (secondary N) is 1. The van der Waals surface area contributed by atoms with Crippen LogP contribution in [0.4, 0.5) is 0 Å². The quantitative estimate of drug-likeness (QED) is 0.879. The molecule has 1 N–H and O–H groups in total. The third-order valence-corrected chi connectivity index (χ3v) is 5.28. The summed E-state index contributed by atoms with van der Waals surface area (Å²) in [6.07, 6.45) is 5.66. The van der Waals surface area contributed by atoms with Crippen molar-refractivity contribution < 1.29 is 0 Å². The molecule has 2 unspecified atom stereocenters. The molecule has 2 nitrogen and oxygen atoms in total. The van der Waals surface area contributed by atoms with Crippen molar-refractivity contribution in [2.24, 2.45) is 11.8 Å². The number of thiophene rings is 1. The molecule has 18 heavy (non-hydrogen) atoms. The minimum Gasteiger partial charge on any atom is -0.319 e. The molecule has 2 fully saturated rings. The van der Waals surface area contributed by atoms with E-state index >= 15 is 0 Å². The van der Waals surface area contributed by atoms with Crippen molar-refractivity contribution in [1.82, 2.24) is 10.2 Å². The van der Waals surface area contributed by atoms with E-state index in [9.17, 15) is 0 Å². The van der Waals surface area contributed by atoms with Crippen molar-refractivity contribution in [3.05, 3.63) is 22.4 Å². The molecule has 3 rings (SSSR count). The number of hydrogen-bond acceptors (Lipinski definition) is 3. The molecule has 1 aromatic heterocycles. The van der Waals surface area contributed by atoms with E-state index in [4.69, 9.17) is 0 Å². The van der Waals surface area contributed by atoms with Gasteiger partial charge in [-0.3, -0.25) is 4.90 Å². The van der Waals surface area contributed by atoms with E-state index in [2.05, 4.69) is 34.8 Å². The molecular weight excluding hydrogens is 240 g/mol. The van der Waals surface area contributed by atoms with Gasteiger partial charge in [-0.15, -0.1) is 11.3 Å². The third-order valence-electron chi connectivity index (χ3n) is 4.34. The van der Waals surface area contributed by atoms with Crippen molar-refractivity contribution >= 4 is 11.3 Å². The fraction of sp³-hybridized carbons (Fsp3) is 0.733. The Bertz CT molecular complexity index is 357. The lowest BCUT2D eigenvalue weighted by Crippen LogP contribution is -2.41. The second-order valence-corrected chi connectivity index (χ2v) is 6.84. The second kappa shape index (κ2) is 5.72. The summed E-state index contributed by atoms with van der Waals surface area (Å²) in [6, 6.07) is 5.28. The van der Waals surface area contributed by atoms with Gasteiger partial charge >= 0.3 is 0 Å². The van der Waals surface area contributed by atoms with Crippen LogP contribution in [0.5, 0.6) is 0 Å². The zero-order chi connectivity index (χ0) is 12.4. The van der Waals surface area contributed by atoms with Crippen LogP contribution in [0.2, 0.25) is 0 Å². The number of hydrogen-bond donors (Lipinski definition) is 1. The maximum absolute atomic E-state index is 3.35. The Morgan fingerprint density at radius 3 is 3.00 bits per heavy atom. The largest absolute Gasteiger partial charge is 0.319 e. The molecule has 1 aliphatic heterocycles. The van der Waals surface area contributed by atoms with E-state index in [-0.39, 0.29) is 0 Å². The van der Waals surface area contributed by atoms with E-state index in [0.29, 0.717) is 0 Å². The molecule has 1 saturated carbocycles. The normalized spacial score (nSPS) is 27.3. The first-order valence-corrected chi connectivity index (χ1v) is 8.18. The van der Waals surface area contributed by atoms with E-state index in [1.165, 1.54) is 45.3 Å². The standard InChI is InChI=1S/C15H24N2S/c1-16-10-12-4-2-8-17(11-12)15(13-6-7-13)14-5-3-9-18-14/h3,5,9,12-13,15-16H,2,4,6-8,10-11H2,1H3. The van der Waals surface area contributed by atoms with Crippen LogP contribution in [0.1, 0.15) is 36.6 Å². The van der Waals surface area contributed by atoms with Gasteiger partial charge in [0.1, 0.15) is 0 Å². The van der Waals surface area contributed by atoms with Gasteiger partial charge in [0.2, 0.25) is 0 Å². The van der Waals surface area contributed by atoms with Crippen LogP contribution >= 0.6 is 11.3 Å². The fourth-order valence-electron chi connectivity index (χ4n) is 3.39. The van der Waals surface area contributed by atoms with Gasteiger partial charge in [-0.25, -0.2) is 0 Å². The molecule has 0 bridgehead atoms. The van der Waals surface area contributed by atoms with Crippen LogP contribution < -0.4 is 5.32 Å². The van der Waals surface area contributed by atoms with Gasteiger partial charge in [0.25, 0.3) is 0 Å². The van der Waals surface area contributed by atoms with Crippen LogP contribution in [-0.2, 0) is 0 Å². The van der Waals surface area contributed by atoms with Crippen molar-refractivity contribution in [1.29, 1.82) is 0 Å². The van der Waals surface area contributed by atoms with Crippen molar-refractivity contribution in [2.45, 2.75) is 31.7 Å². The Kier molecular flexibility index (Phi) is 4.02. The van der Waals surface area contributed by atoms with E-state index in [1.807, 2.05) is 11.3 Å². The molecule has 3 heteroatoms. The van der Waals surface area contributed by atoms with E-state index in [0.717, 1.165) is 17.9 Å². The van der Waals surface area contributed by atoms with Crippen molar-refractivity contribution in [3.63, 3.8) is 0 Å². The zero-order valence-corrected chi connectivity index (χ0v) is 12.1. The number of likely N-dealkylation sites (tertiary alicyclic amines) is 1. The van der Waals surface area contributed by atoms with Crippen LogP contribution in [-0.4, -0.2) is 31.6 Å². The summed E-state index contributed by atoms with van der Waals surface area (Å²) >= 11 is 1.95. The summed E-state index contributed by atoms with van der Waals surface area (Å²) < 4.78 is 0. The summed E-state index contributed by atoms with van der Waals surface area (Å²) in [7, 11) is 2.08. The number of nitrogens with zero attached hydrogens (tertiary/aromatic N) is 1. The lowest BCUT2D eigenvalue weighted by atomic mass is 9.95. The Morgan fingerprint density at radius 1 is 1.44 bits per heavy atom. The van der Waals surface area contributed by atoms with Crippen LogP contribution in [0, 0.1) is 11.8 Å².